The van der Waals surface area contributed by atoms with Crippen LogP contribution in [-0.2, 0) is 12.0 Å². The third-order valence-corrected chi connectivity index (χ3v) is 4.37. The van der Waals surface area contributed by atoms with E-state index in [1.807, 2.05) is 12.1 Å². The minimum absolute atomic E-state index is 0.00901. The van der Waals surface area contributed by atoms with Crippen molar-refractivity contribution < 1.29 is 5.11 Å². The maximum atomic E-state index is 9.51. The molecular weight excluding hydrogens is 262 g/mol. The van der Waals surface area contributed by atoms with E-state index in [4.69, 9.17) is 4.98 Å². The number of pyridine rings is 1. The largest absolute Gasteiger partial charge is 0.392 e. The predicted molar refractivity (Wildman–Crippen MR) is 87.8 cm³/mol. The lowest BCUT2D eigenvalue weighted by Crippen LogP contribution is -2.37. The Bertz CT molecular complexity index is 481. The molecule has 1 unspecified atom stereocenters. The fraction of sp³-hybridized carbons (Fsp3) is 0.706. The molecule has 1 aliphatic rings. The monoisotopic (exact) mass is 291 g/mol. The number of aliphatic hydroxyl groups excluding tert-OH is 1. The fourth-order valence-electron chi connectivity index (χ4n) is 2.86. The number of likely N-dealkylation sites (tertiary alicyclic amines) is 1. The molecular formula is C17H29N3O. The summed E-state index contributed by atoms with van der Waals surface area (Å²) in [6, 6.07) is 4.62. The predicted octanol–water partition coefficient (Wildman–Crippen LogP) is 2.40. The Labute approximate surface area is 128 Å². The second-order valence-corrected chi connectivity index (χ2v) is 7.28. The second kappa shape index (κ2) is 6.32. The van der Waals surface area contributed by atoms with Crippen LogP contribution in [0.3, 0.4) is 0 Å². The van der Waals surface area contributed by atoms with Gasteiger partial charge in [0.25, 0.3) is 0 Å². The normalized spacial score (nSPS) is 20.0. The van der Waals surface area contributed by atoms with E-state index >= 15 is 0 Å². The van der Waals surface area contributed by atoms with Crippen molar-refractivity contribution in [1.82, 2.24) is 9.88 Å². The summed E-state index contributed by atoms with van der Waals surface area (Å²) in [6.07, 6.45) is 2.54. The summed E-state index contributed by atoms with van der Waals surface area (Å²) in [5, 5.41) is 9.51. The van der Waals surface area contributed by atoms with E-state index in [-0.39, 0.29) is 12.0 Å². The zero-order valence-electron chi connectivity index (χ0n) is 14.1. The molecule has 4 nitrogen and oxygen atoms in total. The van der Waals surface area contributed by atoms with E-state index in [1.54, 1.807) is 0 Å². The lowest BCUT2D eigenvalue weighted by molar-refractivity contribution is 0.281. The van der Waals surface area contributed by atoms with Gasteiger partial charge in [-0.05, 0) is 44.1 Å². The molecule has 1 saturated heterocycles. The maximum absolute atomic E-state index is 9.51. The molecule has 0 aromatic carbocycles. The van der Waals surface area contributed by atoms with Crippen LogP contribution in [0.5, 0.6) is 0 Å². The molecule has 21 heavy (non-hydrogen) atoms. The van der Waals surface area contributed by atoms with Gasteiger partial charge in [-0.25, -0.2) is 4.98 Å². The molecule has 0 aliphatic carbocycles. The Morgan fingerprint density at radius 1 is 1.38 bits per heavy atom. The summed E-state index contributed by atoms with van der Waals surface area (Å²) in [6.45, 7) is 8.72. The van der Waals surface area contributed by atoms with Crippen LogP contribution in [0.15, 0.2) is 12.1 Å². The van der Waals surface area contributed by atoms with Crippen molar-refractivity contribution in [2.45, 2.75) is 51.7 Å². The third-order valence-electron chi connectivity index (χ3n) is 4.37. The van der Waals surface area contributed by atoms with E-state index in [9.17, 15) is 5.11 Å². The molecule has 1 aromatic rings. The highest BCUT2D eigenvalue weighted by atomic mass is 16.3. The van der Waals surface area contributed by atoms with E-state index in [1.165, 1.54) is 19.4 Å². The molecule has 1 fully saturated rings. The van der Waals surface area contributed by atoms with Gasteiger partial charge in [-0.2, -0.15) is 0 Å². The van der Waals surface area contributed by atoms with Gasteiger partial charge in [0.1, 0.15) is 5.82 Å². The first kappa shape index (κ1) is 16.2. The van der Waals surface area contributed by atoms with E-state index in [0.717, 1.165) is 23.6 Å². The number of hydrogen-bond acceptors (Lipinski definition) is 4. The van der Waals surface area contributed by atoms with Gasteiger partial charge in [-0.1, -0.05) is 20.8 Å². The molecule has 0 bridgehead atoms. The SMILES string of the molecule is CN(CC1CCCN1C)c1cc(CO)cc(C(C)(C)C)n1. The van der Waals surface area contributed by atoms with E-state index in [2.05, 4.69) is 44.7 Å². The molecule has 0 radical (unpaired) electrons. The highest BCUT2D eigenvalue weighted by molar-refractivity contribution is 5.43. The van der Waals surface area contributed by atoms with E-state index < -0.39 is 0 Å². The highest BCUT2D eigenvalue weighted by Gasteiger charge is 2.23. The van der Waals surface area contributed by atoms with Gasteiger partial charge in [0, 0.05) is 30.7 Å². The van der Waals surface area contributed by atoms with Gasteiger partial charge in [0.2, 0.25) is 0 Å². The molecule has 118 valence electrons. The highest BCUT2D eigenvalue weighted by Crippen LogP contribution is 2.25. The number of rotatable bonds is 4. The summed E-state index contributed by atoms with van der Waals surface area (Å²) in [5.41, 5.74) is 1.97. The van der Waals surface area contributed by atoms with Crippen molar-refractivity contribution in [2.75, 3.05) is 32.1 Å². The summed E-state index contributed by atoms with van der Waals surface area (Å²) in [4.78, 5) is 9.47. The molecule has 2 heterocycles. The average molecular weight is 291 g/mol. The van der Waals surface area contributed by atoms with Crippen LogP contribution >= 0.6 is 0 Å². The number of hydrogen-bond donors (Lipinski definition) is 1. The molecule has 0 amide bonds. The molecule has 0 spiro atoms. The Morgan fingerprint density at radius 2 is 2.10 bits per heavy atom. The minimum atomic E-state index is -0.00901. The van der Waals surface area contributed by atoms with Crippen molar-refractivity contribution in [3.63, 3.8) is 0 Å². The first-order valence-corrected chi connectivity index (χ1v) is 7.85. The van der Waals surface area contributed by atoms with Crippen molar-refractivity contribution >= 4 is 5.82 Å². The Hall–Kier alpha value is -1.13. The first-order valence-electron chi connectivity index (χ1n) is 7.85. The number of aliphatic hydroxyl groups is 1. The lowest BCUT2D eigenvalue weighted by Gasteiger charge is -2.28. The second-order valence-electron chi connectivity index (χ2n) is 7.28. The average Bonchev–Trinajstić information content (AvgIpc) is 2.82. The van der Waals surface area contributed by atoms with Crippen LogP contribution in [-0.4, -0.2) is 48.2 Å². The van der Waals surface area contributed by atoms with Crippen LogP contribution in [0, 0.1) is 0 Å². The van der Waals surface area contributed by atoms with Gasteiger partial charge in [-0.3, -0.25) is 0 Å². The van der Waals surface area contributed by atoms with E-state index in [0.29, 0.717) is 6.04 Å². The van der Waals surface area contributed by atoms with Crippen molar-refractivity contribution in [3.8, 4) is 0 Å². The first-order chi connectivity index (χ1) is 9.81. The zero-order chi connectivity index (χ0) is 15.6. The molecule has 1 N–H and O–H groups in total. The van der Waals surface area contributed by atoms with Gasteiger partial charge < -0.3 is 14.9 Å². The van der Waals surface area contributed by atoms with Gasteiger partial charge in [-0.15, -0.1) is 0 Å². The zero-order valence-corrected chi connectivity index (χ0v) is 14.1. The Balaban J connectivity index is 2.21. The van der Waals surface area contributed by atoms with Crippen molar-refractivity contribution in [1.29, 1.82) is 0 Å². The van der Waals surface area contributed by atoms with Gasteiger partial charge in [0.05, 0.1) is 6.61 Å². The topological polar surface area (TPSA) is 39.6 Å². The fourth-order valence-corrected chi connectivity index (χ4v) is 2.86. The smallest absolute Gasteiger partial charge is 0.128 e. The molecule has 1 aliphatic heterocycles. The maximum Gasteiger partial charge on any atom is 0.128 e. The number of aromatic nitrogens is 1. The van der Waals surface area contributed by atoms with Crippen LogP contribution in [0.2, 0.25) is 0 Å². The Kier molecular flexibility index (Phi) is 4.89. The van der Waals surface area contributed by atoms with Gasteiger partial charge in [0.15, 0.2) is 0 Å². The van der Waals surface area contributed by atoms with Crippen molar-refractivity contribution in [2.24, 2.45) is 0 Å². The molecule has 1 aromatic heterocycles. The van der Waals surface area contributed by atoms with Crippen LogP contribution in [0.25, 0.3) is 0 Å². The Morgan fingerprint density at radius 3 is 2.62 bits per heavy atom. The number of anilines is 1. The van der Waals surface area contributed by atoms with Crippen molar-refractivity contribution in [3.05, 3.63) is 23.4 Å². The standard InChI is InChI=1S/C17H29N3O/c1-17(2,3)15-9-13(12-21)10-16(18-15)20(5)11-14-7-6-8-19(14)4/h9-10,14,21H,6-8,11-12H2,1-5H3. The molecule has 0 saturated carbocycles. The summed E-state index contributed by atoms with van der Waals surface area (Å²) in [7, 11) is 4.30. The van der Waals surface area contributed by atoms with Gasteiger partial charge >= 0.3 is 0 Å². The lowest BCUT2D eigenvalue weighted by atomic mass is 9.91. The summed E-state index contributed by atoms with van der Waals surface area (Å²) < 4.78 is 0. The summed E-state index contributed by atoms with van der Waals surface area (Å²) >= 11 is 0. The summed E-state index contributed by atoms with van der Waals surface area (Å²) in [5.74, 6) is 0.965. The number of nitrogens with zero attached hydrogens (tertiary/aromatic N) is 3. The van der Waals surface area contributed by atoms with Crippen LogP contribution in [0.1, 0.15) is 44.9 Å². The minimum Gasteiger partial charge on any atom is -0.392 e. The van der Waals surface area contributed by atoms with Crippen LogP contribution in [0.4, 0.5) is 5.82 Å². The quantitative estimate of drug-likeness (QED) is 0.924. The van der Waals surface area contributed by atoms with Crippen LogP contribution < -0.4 is 4.90 Å². The molecule has 4 heteroatoms. The number of likely N-dealkylation sites (N-methyl/N-ethyl adjacent to an activating group) is 2. The molecule has 2 rings (SSSR count). The molecule has 1 atom stereocenters. The third kappa shape index (κ3) is 3.95.